The van der Waals surface area contributed by atoms with Gasteiger partial charge in [-0.3, -0.25) is 4.79 Å². The monoisotopic (exact) mass is 289 g/mol. The molecule has 3 rings (SSSR count). The molecule has 21 heavy (non-hydrogen) atoms. The maximum Gasteiger partial charge on any atom is 0.341 e. The molecule has 0 fully saturated rings. The van der Waals surface area contributed by atoms with Gasteiger partial charge in [0.15, 0.2) is 0 Å². The van der Waals surface area contributed by atoms with Crippen LogP contribution in [0.25, 0.3) is 10.9 Å². The number of ether oxygens (including phenoxy) is 1. The Hall–Kier alpha value is -2.34. The number of carboxylic acids is 1. The quantitative estimate of drug-likeness (QED) is 0.878. The highest BCUT2D eigenvalue weighted by atomic mass is 16.5. The molecule has 1 aliphatic heterocycles. The number of pyridine rings is 1. The maximum atomic E-state index is 12.4. The van der Waals surface area contributed by atoms with Crippen molar-refractivity contribution >= 4 is 16.9 Å². The number of aromatic carboxylic acids is 1. The van der Waals surface area contributed by atoms with E-state index in [9.17, 15) is 19.8 Å². The van der Waals surface area contributed by atoms with Gasteiger partial charge in [0.1, 0.15) is 11.3 Å². The highest BCUT2D eigenvalue weighted by molar-refractivity contribution is 5.94. The highest BCUT2D eigenvalue weighted by Crippen LogP contribution is 2.38. The zero-order valence-electron chi connectivity index (χ0n) is 11.7. The molecule has 1 aromatic heterocycles. The Kier molecular flexibility index (Phi) is 2.98. The average Bonchev–Trinajstić information content (AvgIpc) is 2.45. The Morgan fingerprint density at radius 3 is 2.76 bits per heavy atom. The number of carbonyl (C=O) groups is 1. The third-order valence-electron chi connectivity index (χ3n) is 3.99. The minimum atomic E-state index is -1.26. The van der Waals surface area contributed by atoms with Crippen LogP contribution < -0.4 is 10.2 Å². The third-order valence-corrected chi connectivity index (χ3v) is 3.99. The fraction of sp³-hybridized carbons (Fsp3) is 0.333. The molecule has 2 unspecified atom stereocenters. The summed E-state index contributed by atoms with van der Waals surface area (Å²) in [7, 11) is 1.46. The summed E-state index contributed by atoms with van der Waals surface area (Å²) in [6, 6.07) is 3.12. The lowest BCUT2D eigenvalue weighted by Crippen LogP contribution is -2.25. The van der Waals surface area contributed by atoms with E-state index in [1.165, 1.54) is 19.4 Å². The summed E-state index contributed by atoms with van der Waals surface area (Å²) in [4.78, 5) is 23.6. The Morgan fingerprint density at radius 2 is 2.14 bits per heavy atom. The maximum absolute atomic E-state index is 12.4. The summed E-state index contributed by atoms with van der Waals surface area (Å²) in [5.41, 5.74) is 0.341. The SMILES string of the molecule is COc1cc2c3c(c1)c(=O)c(C(=O)O)cn3C(C)CC2O. The van der Waals surface area contributed by atoms with Gasteiger partial charge < -0.3 is 19.5 Å². The lowest BCUT2D eigenvalue weighted by molar-refractivity contribution is 0.0694. The minimum Gasteiger partial charge on any atom is -0.497 e. The number of aliphatic hydroxyl groups excluding tert-OH is 1. The first-order chi connectivity index (χ1) is 9.93. The van der Waals surface area contributed by atoms with Crippen LogP contribution in [0.15, 0.2) is 23.1 Å². The first-order valence-corrected chi connectivity index (χ1v) is 6.62. The fourth-order valence-corrected chi connectivity index (χ4v) is 2.93. The van der Waals surface area contributed by atoms with E-state index in [4.69, 9.17) is 4.74 Å². The summed E-state index contributed by atoms with van der Waals surface area (Å²) < 4.78 is 6.90. The Balaban J connectivity index is 2.52. The van der Waals surface area contributed by atoms with Gasteiger partial charge in [-0.25, -0.2) is 4.79 Å². The number of rotatable bonds is 2. The van der Waals surface area contributed by atoms with Crippen molar-refractivity contribution < 1.29 is 19.7 Å². The van der Waals surface area contributed by atoms with Gasteiger partial charge in [0, 0.05) is 17.8 Å². The van der Waals surface area contributed by atoms with Gasteiger partial charge in [0.25, 0.3) is 0 Å². The normalized spacial score (nSPS) is 20.5. The third kappa shape index (κ3) is 1.91. The van der Waals surface area contributed by atoms with Gasteiger partial charge in [-0.2, -0.15) is 0 Å². The Labute approximate surface area is 120 Å². The van der Waals surface area contributed by atoms with Crippen LogP contribution in [0, 0.1) is 0 Å². The largest absolute Gasteiger partial charge is 0.497 e. The van der Waals surface area contributed by atoms with Crippen molar-refractivity contribution in [1.29, 1.82) is 0 Å². The van der Waals surface area contributed by atoms with Crippen LogP contribution in [0.3, 0.4) is 0 Å². The van der Waals surface area contributed by atoms with Gasteiger partial charge in [-0.05, 0) is 25.5 Å². The van der Waals surface area contributed by atoms with Crippen molar-refractivity contribution in [2.75, 3.05) is 7.11 Å². The number of benzene rings is 1. The van der Waals surface area contributed by atoms with E-state index in [0.717, 1.165) is 0 Å². The summed E-state index contributed by atoms with van der Waals surface area (Å²) in [6.07, 6.45) is 1.11. The molecular weight excluding hydrogens is 274 g/mol. The average molecular weight is 289 g/mol. The minimum absolute atomic E-state index is 0.0953. The zero-order chi connectivity index (χ0) is 15.3. The molecule has 1 aliphatic rings. The molecule has 0 amide bonds. The van der Waals surface area contributed by atoms with E-state index in [1.54, 1.807) is 10.6 Å². The standard InChI is InChI=1S/C15H15NO5/c1-7-3-12(17)9-4-8(21-2)5-10-13(9)16(7)6-11(14(10)18)15(19)20/h4-7,12,17H,3H2,1-2H3,(H,19,20). The second-order valence-electron chi connectivity index (χ2n) is 5.30. The van der Waals surface area contributed by atoms with Crippen LogP contribution in [0.1, 0.15) is 41.4 Å². The molecule has 6 heteroatoms. The number of carboxylic acid groups (broad SMARTS) is 1. The second-order valence-corrected chi connectivity index (χ2v) is 5.30. The Morgan fingerprint density at radius 1 is 1.43 bits per heavy atom. The predicted octanol–water partition coefficient (Wildman–Crippen LogP) is 1.71. The summed E-state index contributed by atoms with van der Waals surface area (Å²) in [5.74, 6) is -0.828. The first-order valence-electron chi connectivity index (χ1n) is 6.62. The topological polar surface area (TPSA) is 88.8 Å². The van der Waals surface area contributed by atoms with Crippen LogP contribution in [0.2, 0.25) is 0 Å². The first kappa shape index (κ1) is 13.6. The Bertz CT molecular complexity index is 808. The van der Waals surface area contributed by atoms with Crippen molar-refractivity contribution in [1.82, 2.24) is 4.57 Å². The summed E-state index contributed by atoms with van der Waals surface area (Å²) in [5, 5.41) is 19.7. The molecule has 2 heterocycles. The zero-order valence-corrected chi connectivity index (χ0v) is 11.7. The van der Waals surface area contributed by atoms with E-state index in [1.807, 2.05) is 6.92 Å². The lowest BCUT2D eigenvalue weighted by atomic mass is 9.93. The van der Waals surface area contributed by atoms with E-state index >= 15 is 0 Å². The summed E-state index contributed by atoms with van der Waals surface area (Å²) >= 11 is 0. The molecule has 0 bridgehead atoms. The second kappa shape index (κ2) is 4.60. The van der Waals surface area contributed by atoms with Crippen molar-refractivity contribution in [3.8, 4) is 5.75 Å². The molecule has 0 aliphatic carbocycles. The van der Waals surface area contributed by atoms with E-state index < -0.39 is 17.5 Å². The number of hydrogen-bond donors (Lipinski definition) is 2. The van der Waals surface area contributed by atoms with E-state index in [0.29, 0.717) is 23.3 Å². The lowest BCUT2D eigenvalue weighted by Gasteiger charge is -2.30. The van der Waals surface area contributed by atoms with Crippen LogP contribution in [-0.2, 0) is 0 Å². The molecule has 2 atom stereocenters. The van der Waals surface area contributed by atoms with Gasteiger partial charge >= 0.3 is 5.97 Å². The number of aliphatic hydroxyl groups is 1. The van der Waals surface area contributed by atoms with Crippen molar-refractivity contribution in [2.24, 2.45) is 0 Å². The van der Waals surface area contributed by atoms with E-state index in [-0.39, 0.29) is 17.0 Å². The molecule has 0 radical (unpaired) electrons. The molecule has 2 N–H and O–H groups in total. The van der Waals surface area contributed by atoms with Crippen LogP contribution in [-0.4, -0.2) is 27.9 Å². The smallest absolute Gasteiger partial charge is 0.341 e. The van der Waals surface area contributed by atoms with Crippen molar-refractivity contribution in [2.45, 2.75) is 25.5 Å². The highest BCUT2D eigenvalue weighted by Gasteiger charge is 2.28. The van der Waals surface area contributed by atoms with Crippen LogP contribution in [0.4, 0.5) is 0 Å². The van der Waals surface area contributed by atoms with Crippen molar-refractivity contribution in [3.05, 3.63) is 39.7 Å². The number of methoxy groups -OCH3 is 1. The molecule has 1 aromatic carbocycles. The van der Waals surface area contributed by atoms with Gasteiger partial charge in [0.2, 0.25) is 5.43 Å². The molecule has 0 spiro atoms. The molecule has 0 saturated heterocycles. The van der Waals surface area contributed by atoms with Crippen molar-refractivity contribution in [3.63, 3.8) is 0 Å². The summed E-state index contributed by atoms with van der Waals surface area (Å²) in [6.45, 7) is 1.88. The number of aromatic nitrogens is 1. The molecule has 6 nitrogen and oxygen atoms in total. The molecule has 0 saturated carbocycles. The van der Waals surface area contributed by atoms with Crippen LogP contribution >= 0.6 is 0 Å². The molecule has 110 valence electrons. The fourth-order valence-electron chi connectivity index (χ4n) is 2.93. The van der Waals surface area contributed by atoms with E-state index in [2.05, 4.69) is 0 Å². The predicted molar refractivity (Wildman–Crippen MR) is 76.0 cm³/mol. The number of nitrogens with zero attached hydrogens (tertiary/aromatic N) is 1. The molecule has 2 aromatic rings. The van der Waals surface area contributed by atoms with Gasteiger partial charge in [-0.15, -0.1) is 0 Å². The number of hydrogen-bond acceptors (Lipinski definition) is 4. The van der Waals surface area contributed by atoms with Gasteiger partial charge in [-0.1, -0.05) is 0 Å². The molecular formula is C15H15NO5. The van der Waals surface area contributed by atoms with Crippen LogP contribution in [0.5, 0.6) is 5.75 Å². The van der Waals surface area contributed by atoms with Gasteiger partial charge in [0.05, 0.1) is 24.1 Å².